The van der Waals surface area contributed by atoms with Gasteiger partial charge in [-0.3, -0.25) is 4.79 Å². The molecule has 0 saturated heterocycles. The first-order valence-corrected chi connectivity index (χ1v) is 8.27. The molecule has 3 heteroatoms. The van der Waals surface area contributed by atoms with Crippen molar-refractivity contribution in [3.63, 3.8) is 0 Å². The molecule has 0 aliphatic rings. The molecule has 3 N–H and O–H groups in total. The van der Waals surface area contributed by atoms with Crippen molar-refractivity contribution in [1.82, 2.24) is 0 Å². The quantitative estimate of drug-likeness (QED) is 0.457. The molecule has 122 valence electrons. The maximum absolute atomic E-state index is 11.6. The number of aliphatic hydroxyl groups is 1. The first-order chi connectivity index (χ1) is 10.6. The van der Waals surface area contributed by atoms with E-state index in [0.717, 1.165) is 31.2 Å². The third-order valence-corrected chi connectivity index (χ3v) is 4.04. The van der Waals surface area contributed by atoms with Gasteiger partial charge in [-0.15, -0.1) is 6.58 Å². The van der Waals surface area contributed by atoms with Gasteiger partial charge in [-0.1, -0.05) is 62.1 Å². The number of carbonyl (C=O) groups excluding carboxylic acids is 1. The molecule has 0 spiro atoms. The highest BCUT2D eigenvalue weighted by Crippen LogP contribution is 2.18. The van der Waals surface area contributed by atoms with Crippen molar-refractivity contribution in [2.45, 2.75) is 57.5 Å². The minimum absolute atomic E-state index is 0.393. The van der Waals surface area contributed by atoms with Crippen molar-refractivity contribution < 1.29 is 9.90 Å². The molecule has 0 aromatic heterocycles. The van der Waals surface area contributed by atoms with Crippen molar-refractivity contribution in [2.75, 3.05) is 0 Å². The fraction of sp³-hybridized carbons (Fsp3) is 0.526. The predicted octanol–water partition coefficient (Wildman–Crippen LogP) is 3.61. The van der Waals surface area contributed by atoms with Crippen LogP contribution in [-0.2, 0) is 11.2 Å². The van der Waals surface area contributed by atoms with Crippen LogP contribution in [0.1, 0.15) is 50.5 Å². The number of hydrogen-bond donors (Lipinski definition) is 2. The molecule has 0 saturated carbocycles. The molecule has 1 aromatic rings. The van der Waals surface area contributed by atoms with Crippen LogP contribution in [0.4, 0.5) is 0 Å². The summed E-state index contributed by atoms with van der Waals surface area (Å²) in [7, 11) is 0. The number of primary amides is 1. The largest absolute Gasteiger partial charge is 0.392 e. The second-order valence-corrected chi connectivity index (χ2v) is 5.90. The Balaban J connectivity index is 2.32. The van der Waals surface area contributed by atoms with E-state index in [0.29, 0.717) is 12.8 Å². The number of nitrogens with two attached hydrogens (primary N) is 1. The highest BCUT2D eigenvalue weighted by Gasteiger charge is 2.24. The third kappa shape index (κ3) is 7.41. The molecule has 0 aliphatic carbocycles. The van der Waals surface area contributed by atoms with E-state index in [4.69, 9.17) is 5.73 Å². The van der Waals surface area contributed by atoms with Crippen LogP contribution in [0, 0.1) is 5.92 Å². The molecule has 0 aliphatic heterocycles. The van der Waals surface area contributed by atoms with Gasteiger partial charge >= 0.3 is 0 Å². The van der Waals surface area contributed by atoms with Crippen LogP contribution in [0.3, 0.4) is 0 Å². The van der Waals surface area contributed by atoms with E-state index in [2.05, 4.69) is 6.58 Å². The summed E-state index contributed by atoms with van der Waals surface area (Å²) in [6.45, 7) is 3.71. The fourth-order valence-corrected chi connectivity index (χ4v) is 2.71. The summed E-state index contributed by atoms with van der Waals surface area (Å²) in [6, 6.07) is 9.73. The zero-order chi connectivity index (χ0) is 16.2. The Kier molecular flexibility index (Phi) is 9.24. The maximum Gasteiger partial charge on any atom is 0.223 e. The maximum atomic E-state index is 11.6. The highest BCUT2D eigenvalue weighted by atomic mass is 16.3. The second kappa shape index (κ2) is 11.0. The minimum Gasteiger partial charge on any atom is -0.392 e. The van der Waals surface area contributed by atoms with Gasteiger partial charge in [0, 0.05) is 0 Å². The Morgan fingerprint density at radius 1 is 1.14 bits per heavy atom. The summed E-state index contributed by atoms with van der Waals surface area (Å²) < 4.78 is 0. The summed E-state index contributed by atoms with van der Waals surface area (Å²) in [5.41, 5.74) is 6.49. The van der Waals surface area contributed by atoms with E-state index in [1.54, 1.807) is 0 Å². The van der Waals surface area contributed by atoms with Crippen molar-refractivity contribution in [2.24, 2.45) is 11.7 Å². The van der Waals surface area contributed by atoms with E-state index in [9.17, 15) is 9.90 Å². The number of rotatable bonds is 12. The first kappa shape index (κ1) is 18.4. The van der Waals surface area contributed by atoms with Crippen molar-refractivity contribution >= 4 is 5.91 Å². The van der Waals surface area contributed by atoms with Crippen molar-refractivity contribution in [3.05, 3.63) is 48.6 Å². The van der Waals surface area contributed by atoms with Gasteiger partial charge in [0.15, 0.2) is 0 Å². The van der Waals surface area contributed by atoms with Gasteiger partial charge < -0.3 is 10.8 Å². The Morgan fingerprint density at radius 2 is 1.77 bits per heavy atom. The summed E-state index contributed by atoms with van der Waals surface area (Å²) in [5, 5.41) is 10.3. The lowest BCUT2D eigenvalue weighted by Gasteiger charge is -2.20. The third-order valence-electron chi connectivity index (χ3n) is 4.04. The number of benzene rings is 1. The molecule has 0 heterocycles. The second-order valence-electron chi connectivity index (χ2n) is 5.90. The average molecular weight is 303 g/mol. The normalized spacial score (nSPS) is 13.5. The molecule has 1 rings (SSSR count). The van der Waals surface area contributed by atoms with Crippen LogP contribution in [-0.4, -0.2) is 17.1 Å². The number of amides is 1. The van der Waals surface area contributed by atoms with Gasteiger partial charge in [-0.25, -0.2) is 0 Å². The highest BCUT2D eigenvalue weighted by molar-refractivity contribution is 5.77. The predicted molar refractivity (Wildman–Crippen MR) is 91.4 cm³/mol. The van der Waals surface area contributed by atoms with Gasteiger partial charge in [0.1, 0.15) is 0 Å². The Labute approximate surface area is 134 Å². The van der Waals surface area contributed by atoms with E-state index >= 15 is 0 Å². The van der Waals surface area contributed by atoms with Gasteiger partial charge in [-0.05, 0) is 31.2 Å². The average Bonchev–Trinajstić information content (AvgIpc) is 2.50. The molecule has 0 fully saturated rings. The first-order valence-electron chi connectivity index (χ1n) is 8.27. The van der Waals surface area contributed by atoms with E-state index in [-0.39, 0.29) is 0 Å². The zero-order valence-corrected chi connectivity index (χ0v) is 13.4. The van der Waals surface area contributed by atoms with Crippen LogP contribution in [0.5, 0.6) is 0 Å². The molecular formula is C19H29NO2. The summed E-state index contributed by atoms with van der Waals surface area (Å²) in [6.07, 6.45) is 9.03. The monoisotopic (exact) mass is 303 g/mol. The number of hydrogen-bond acceptors (Lipinski definition) is 2. The van der Waals surface area contributed by atoms with E-state index in [1.165, 1.54) is 12.8 Å². The van der Waals surface area contributed by atoms with E-state index in [1.807, 2.05) is 36.4 Å². The molecular weight excluding hydrogens is 274 g/mol. The Morgan fingerprint density at radius 3 is 2.41 bits per heavy atom. The van der Waals surface area contributed by atoms with Gasteiger partial charge in [0.25, 0.3) is 0 Å². The smallest absolute Gasteiger partial charge is 0.223 e. The molecule has 1 amide bonds. The topological polar surface area (TPSA) is 63.3 Å². The van der Waals surface area contributed by atoms with Crippen molar-refractivity contribution in [3.8, 4) is 0 Å². The fourth-order valence-electron chi connectivity index (χ4n) is 2.71. The number of allylic oxidation sites excluding steroid dienone is 1. The van der Waals surface area contributed by atoms with Crippen LogP contribution < -0.4 is 5.73 Å². The van der Waals surface area contributed by atoms with Crippen LogP contribution in [0.2, 0.25) is 0 Å². The van der Waals surface area contributed by atoms with Crippen LogP contribution in [0.15, 0.2) is 43.0 Å². The molecule has 0 unspecified atom stereocenters. The summed E-state index contributed by atoms with van der Waals surface area (Å²) in [4.78, 5) is 11.6. The number of unbranched alkanes of at least 4 members (excludes halogenated alkanes) is 5. The number of carbonyl (C=O) groups is 1. The SMILES string of the molecule is C=CCCCCCCC[C@@H](C(N)=O)[C@H](O)Cc1ccccc1. The lowest BCUT2D eigenvalue weighted by Crippen LogP contribution is -2.34. The summed E-state index contributed by atoms with van der Waals surface area (Å²) in [5.74, 6) is -0.844. The molecule has 1 aromatic carbocycles. The van der Waals surface area contributed by atoms with Gasteiger partial charge in [-0.2, -0.15) is 0 Å². The van der Waals surface area contributed by atoms with Gasteiger partial charge in [0.2, 0.25) is 5.91 Å². The molecule has 2 atom stereocenters. The van der Waals surface area contributed by atoms with E-state index < -0.39 is 17.9 Å². The molecule has 0 radical (unpaired) electrons. The standard InChI is InChI=1S/C19H29NO2/c1-2-3-4-5-6-7-11-14-17(19(20)22)18(21)15-16-12-9-8-10-13-16/h2,8-10,12-13,17-18,21H,1,3-7,11,14-15H2,(H2,20,22)/t17-,18-/m1/s1. The minimum atomic E-state index is -0.694. The molecule has 22 heavy (non-hydrogen) atoms. The zero-order valence-electron chi connectivity index (χ0n) is 13.4. The number of aliphatic hydroxyl groups excluding tert-OH is 1. The van der Waals surface area contributed by atoms with Crippen LogP contribution in [0.25, 0.3) is 0 Å². The van der Waals surface area contributed by atoms with Gasteiger partial charge in [0.05, 0.1) is 12.0 Å². The molecule has 0 bridgehead atoms. The Hall–Kier alpha value is -1.61. The lowest BCUT2D eigenvalue weighted by molar-refractivity contribution is -0.125. The van der Waals surface area contributed by atoms with Crippen LogP contribution >= 0.6 is 0 Å². The molecule has 3 nitrogen and oxygen atoms in total. The Bertz CT molecular complexity index is 430. The lowest BCUT2D eigenvalue weighted by atomic mass is 9.90. The van der Waals surface area contributed by atoms with Crippen molar-refractivity contribution in [1.29, 1.82) is 0 Å². The summed E-state index contributed by atoms with van der Waals surface area (Å²) >= 11 is 0.